The van der Waals surface area contributed by atoms with Crippen molar-refractivity contribution in [2.75, 3.05) is 46.2 Å². The van der Waals surface area contributed by atoms with E-state index in [-0.39, 0.29) is 18.2 Å². The molecule has 0 radical (unpaired) electrons. The zero-order chi connectivity index (χ0) is 18.4. The number of hydrogen-bond donors (Lipinski definition) is 1. The van der Waals surface area contributed by atoms with Crippen LogP contribution in [-0.4, -0.2) is 69.3 Å². The predicted octanol–water partition coefficient (Wildman–Crippen LogP) is 2.12. The number of carbonyl (C=O) groups is 2. The number of likely N-dealkylation sites (tertiary alicyclic amines) is 1. The fraction of sp³-hybridized carbons (Fsp3) is 0.556. The molecule has 3 amide bonds. The fourth-order valence-corrected chi connectivity index (χ4v) is 2.92. The van der Waals surface area contributed by atoms with Crippen molar-refractivity contribution in [1.82, 2.24) is 15.1 Å². The van der Waals surface area contributed by atoms with E-state index in [1.165, 1.54) is 7.11 Å². The molecule has 1 aromatic carbocycles. The van der Waals surface area contributed by atoms with Crippen LogP contribution in [0.4, 0.5) is 15.3 Å². The SMILES string of the molecule is COC(=O)N1CCC[C@H](NC(=O)N(C)Cc2ccc(N(C)C)cc2)C1. The lowest BCUT2D eigenvalue weighted by Crippen LogP contribution is -2.52. The number of nitrogens with zero attached hydrogens (tertiary/aromatic N) is 3. The van der Waals surface area contributed by atoms with Crippen LogP contribution in [-0.2, 0) is 11.3 Å². The first-order valence-corrected chi connectivity index (χ1v) is 8.51. The molecule has 1 aliphatic heterocycles. The maximum Gasteiger partial charge on any atom is 0.409 e. The number of piperidine rings is 1. The standard InChI is InChI=1S/C18H28N4O3/c1-20(2)16-9-7-14(8-10-16)12-21(3)17(23)19-15-6-5-11-22(13-15)18(24)25-4/h7-10,15H,5-6,11-13H2,1-4H3,(H,19,23)/t15-/m0/s1. The molecule has 0 aromatic heterocycles. The molecule has 0 unspecified atom stereocenters. The lowest BCUT2D eigenvalue weighted by atomic mass is 10.1. The maximum absolute atomic E-state index is 12.4. The number of amides is 3. The third kappa shape index (κ3) is 5.27. The highest BCUT2D eigenvalue weighted by molar-refractivity contribution is 5.74. The molecule has 1 heterocycles. The second kappa shape index (κ2) is 8.60. The van der Waals surface area contributed by atoms with Crippen LogP contribution < -0.4 is 10.2 Å². The van der Waals surface area contributed by atoms with E-state index in [9.17, 15) is 9.59 Å². The molecular weight excluding hydrogens is 320 g/mol. The Labute approximate surface area is 149 Å². The third-order valence-corrected chi connectivity index (χ3v) is 4.40. The Hall–Kier alpha value is -2.44. The predicted molar refractivity (Wildman–Crippen MR) is 97.8 cm³/mol. The van der Waals surface area contributed by atoms with E-state index in [4.69, 9.17) is 4.74 Å². The van der Waals surface area contributed by atoms with Gasteiger partial charge in [-0.2, -0.15) is 0 Å². The molecule has 1 saturated heterocycles. The van der Waals surface area contributed by atoms with E-state index < -0.39 is 0 Å². The van der Waals surface area contributed by atoms with Crippen LogP contribution in [0.2, 0.25) is 0 Å². The Balaban J connectivity index is 1.86. The third-order valence-electron chi connectivity index (χ3n) is 4.40. The average Bonchev–Trinajstić information content (AvgIpc) is 2.61. The monoisotopic (exact) mass is 348 g/mol. The van der Waals surface area contributed by atoms with Gasteiger partial charge < -0.3 is 24.8 Å². The highest BCUT2D eigenvalue weighted by Crippen LogP contribution is 2.14. The van der Waals surface area contributed by atoms with E-state index in [2.05, 4.69) is 5.32 Å². The first-order valence-electron chi connectivity index (χ1n) is 8.51. The summed E-state index contributed by atoms with van der Waals surface area (Å²) >= 11 is 0. The van der Waals surface area contributed by atoms with Crippen molar-refractivity contribution >= 4 is 17.8 Å². The molecule has 1 aliphatic rings. The topological polar surface area (TPSA) is 65.1 Å². The lowest BCUT2D eigenvalue weighted by Gasteiger charge is -2.33. The molecular formula is C18H28N4O3. The van der Waals surface area contributed by atoms with E-state index in [0.29, 0.717) is 19.6 Å². The zero-order valence-electron chi connectivity index (χ0n) is 15.5. The smallest absolute Gasteiger partial charge is 0.409 e. The minimum atomic E-state index is -0.340. The minimum Gasteiger partial charge on any atom is -0.453 e. The molecule has 7 heteroatoms. The summed E-state index contributed by atoms with van der Waals surface area (Å²) in [4.78, 5) is 29.4. The number of nitrogens with one attached hydrogen (secondary N) is 1. The largest absolute Gasteiger partial charge is 0.453 e. The van der Waals surface area contributed by atoms with Gasteiger partial charge in [0, 0.05) is 52.5 Å². The van der Waals surface area contributed by atoms with Crippen molar-refractivity contribution in [3.8, 4) is 0 Å². The number of rotatable bonds is 4. The van der Waals surface area contributed by atoms with E-state index >= 15 is 0 Å². The van der Waals surface area contributed by atoms with Gasteiger partial charge in [-0.05, 0) is 30.5 Å². The number of carbonyl (C=O) groups excluding carboxylic acids is 2. The molecule has 1 fully saturated rings. The molecule has 2 rings (SSSR count). The van der Waals surface area contributed by atoms with Crippen LogP contribution in [0.3, 0.4) is 0 Å². The Bertz CT molecular complexity index is 588. The number of methoxy groups -OCH3 is 1. The van der Waals surface area contributed by atoms with Crippen molar-refractivity contribution < 1.29 is 14.3 Å². The number of hydrogen-bond acceptors (Lipinski definition) is 4. The number of urea groups is 1. The van der Waals surface area contributed by atoms with Gasteiger partial charge in [-0.25, -0.2) is 9.59 Å². The molecule has 138 valence electrons. The number of benzene rings is 1. The molecule has 0 bridgehead atoms. The fourth-order valence-electron chi connectivity index (χ4n) is 2.92. The van der Waals surface area contributed by atoms with Gasteiger partial charge in [0.05, 0.1) is 7.11 Å². The normalized spacial score (nSPS) is 17.0. The Kier molecular flexibility index (Phi) is 6.50. The van der Waals surface area contributed by atoms with E-state index in [1.807, 2.05) is 43.3 Å². The molecule has 0 spiro atoms. The molecule has 1 atom stereocenters. The molecule has 0 saturated carbocycles. The van der Waals surface area contributed by atoms with Gasteiger partial charge in [0.1, 0.15) is 0 Å². The van der Waals surface area contributed by atoms with Gasteiger partial charge in [0.2, 0.25) is 0 Å². The molecule has 1 N–H and O–H groups in total. The van der Waals surface area contributed by atoms with Gasteiger partial charge in [-0.1, -0.05) is 12.1 Å². The van der Waals surface area contributed by atoms with Gasteiger partial charge in [0.25, 0.3) is 0 Å². The van der Waals surface area contributed by atoms with Crippen LogP contribution in [0.5, 0.6) is 0 Å². The van der Waals surface area contributed by atoms with Gasteiger partial charge in [-0.15, -0.1) is 0 Å². The Morgan fingerprint density at radius 2 is 1.92 bits per heavy atom. The van der Waals surface area contributed by atoms with Crippen LogP contribution in [0.1, 0.15) is 18.4 Å². The van der Waals surface area contributed by atoms with Crippen molar-refractivity contribution in [2.45, 2.75) is 25.4 Å². The zero-order valence-corrected chi connectivity index (χ0v) is 15.5. The molecule has 0 aliphatic carbocycles. The van der Waals surface area contributed by atoms with Crippen molar-refractivity contribution in [2.24, 2.45) is 0 Å². The first kappa shape index (κ1) is 18.9. The highest BCUT2D eigenvalue weighted by atomic mass is 16.5. The number of anilines is 1. The summed E-state index contributed by atoms with van der Waals surface area (Å²) in [7, 11) is 7.14. The quantitative estimate of drug-likeness (QED) is 0.905. The van der Waals surface area contributed by atoms with Crippen molar-refractivity contribution in [3.63, 3.8) is 0 Å². The van der Waals surface area contributed by atoms with Crippen molar-refractivity contribution in [1.29, 1.82) is 0 Å². The minimum absolute atomic E-state index is 0.0427. The molecule has 1 aromatic rings. The van der Waals surface area contributed by atoms with Gasteiger partial charge in [0.15, 0.2) is 0 Å². The summed E-state index contributed by atoms with van der Waals surface area (Å²) in [5, 5.41) is 3.01. The average molecular weight is 348 g/mol. The summed E-state index contributed by atoms with van der Waals surface area (Å²) in [5.74, 6) is 0. The highest BCUT2D eigenvalue weighted by Gasteiger charge is 2.25. The second-order valence-corrected chi connectivity index (χ2v) is 6.62. The summed E-state index contributed by atoms with van der Waals surface area (Å²) in [6.45, 7) is 1.70. The summed E-state index contributed by atoms with van der Waals surface area (Å²) in [5.41, 5.74) is 2.20. The summed E-state index contributed by atoms with van der Waals surface area (Å²) < 4.78 is 4.76. The van der Waals surface area contributed by atoms with Crippen LogP contribution in [0, 0.1) is 0 Å². The maximum atomic E-state index is 12.4. The van der Waals surface area contributed by atoms with Crippen LogP contribution >= 0.6 is 0 Å². The Morgan fingerprint density at radius 1 is 1.24 bits per heavy atom. The van der Waals surface area contributed by atoms with Crippen LogP contribution in [0.15, 0.2) is 24.3 Å². The van der Waals surface area contributed by atoms with Gasteiger partial charge >= 0.3 is 12.1 Å². The van der Waals surface area contributed by atoms with Crippen LogP contribution in [0.25, 0.3) is 0 Å². The molecule has 7 nitrogen and oxygen atoms in total. The van der Waals surface area contributed by atoms with Crippen molar-refractivity contribution in [3.05, 3.63) is 29.8 Å². The summed E-state index contributed by atoms with van der Waals surface area (Å²) in [6.07, 6.45) is 1.38. The second-order valence-electron chi connectivity index (χ2n) is 6.62. The Morgan fingerprint density at radius 3 is 2.52 bits per heavy atom. The van der Waals surface area contributed by atoms with Gasteiger partial charge in [-0.3, -0.25) is 0 Å². The first-order chi connectivity index (χ1) is 11.9. The van der Waals surface area contributed by atoms with E-state index in [0.717, 1.165) is 24.1 Å². The lowest BCUT2D eigenvalue weighted by molar-refractivity contribution is 0.107. The number of ether oxygens (including phenoxy) is 1. The molecule has 25 heavy (non-hydrogen) atoms. The summed E-state index contributed by atoms with van der Waals surface area (Å²) in [6, 6.07) is 7.96. The van der Waals surface area contributed by atoms with E-state index in [1.54, 1.807) is 16.8 Å².